The first-order chi connectivity index (χ1) is 7.72. The first-order valence-electron chi connectivity index (χ1n) is 4.71. The Morgan fingerprint density at radius 2 is 2.19 bits per heavy atom. The van der Waals surface area contributed by atoms with E-state index in [-0.39, 0.29) is 0 Å². The highest BCUT2D eigenvalue weighted by atomic mass is 79.9. The van der Waals surface area contributed by atoms with Crippen LogP contribution in [0.3, 0.4) is 0 Å². The Balaban J connectivity index is 2.17. The maximum Gasteiger partial charge on any atom is 0.192 e. The van der Waals surface area contributed by atoms with E-state index in [1.807, 2.05) is 30.5 Å². The van der Waals surface area contributed by atoms with Gasteiger partial charge in [-0.05, 0) is 28.1 Å². The fourth-order valence-electron chi connectivity index (χ4n) is 1.58. The number of oxazole rings is 1. The van der Waals surface area contributed by atoms with E-state index < -0.39 is 0 Å². The number of nitrogens with zero attached hydrogens (tertiary/aromatic N) is 2. The summed E-state index contributed by atoms with van der Waals surface area (Å²) >= 11 is 4.92. The predicted molar refractivity (Wildman–Crippen MR) is 67.6 cm³/mol. The van der Waals surface area contributed by atoms with Gasteiger partial charge in [-0.2, -0.15) is 0 Å². The molecule has 0 aliphatic rings. The van der Waals surface area contributed by atoms with Gasteiger partial charge in [0.2, 0.25) is 0 Å². The monoisotopic (exact) mass is 294 g/mol. The van der Waals surface area contributed by atoms with E-state index in [0.29, 0.717) is 5.89 Å². The quantitative estimate of drug-likeness (QED) is 0.680. The van der Waals surface area contributed by atoms with Crippen molar-refractivity contribution in [3.05, 3.63) is 33.4 Å². The summed E-state index contributed by atoms with van der Waals surface area (Å²) < 4.78 is 6.38. The molecule has 0 saturated heterocycles. The summed E-state index contributed by atoms with van der Waals surface area (Å²) in [5.74, 6) is 0.687. The molecule has 0 atom stereocenters. The average molecular weight is 295 g/mol. The molecule has 80 valence electrons. The van der Waals surface area contributed by atoms with Crippen molar-refractivity contribution in [2.24, 2.45) is 0 Å². The molecule has 0 spiro atoms. The lowest BCUT2D eigenvalue weighted by atomic mass is 10.1. The molecule has 0 N–H and O–H groups in total. The molecule has 5 heteroatoms. The minimum atomic E-state index is 0.687. The first kappa shape index (κ1) is 9.99. The van der Waals surface area contributed by atoms with E-state index in [4.69, 9.17) is 4.42 Å². The van der Waals surface area contributed by atoms with E-state index in [1.165, 1.54) is 0 Å². The summed E-state index contributed by atoms with van der Waals surface area (Å²) in [6.07, 6.45) is 0. The number of benzene rings is 1. The number of aryl methyl sites for hydroxylation is 1. The highest BCUT2D eigenvalue weighted by Gasteiger charge is 2.07. The molecule has 0 aliphatic carbocycles. The van der Waals surface area contributed by atoms with Gasteiger partial charge in [0, 0.05) is 17.9 Å². The van der Waals surface area contributed by atoms with Crippen LogP contribution in [0.15, 0.2) is 31.9 Å². The minimum Gasteiger partial charge on any atom is -0.441 e. The van der Waals surface area contributed by atoms with Crippen LogP contribution in [0.25, 0.3) is 22.4 Å². The maximum atomic E-state index is 5.49. The third kappa shape index (κ3) is 1.66. The Bertz CT molecular complexity index is 659. The van der Waals surface area contributed by atoms with E-state index in [1.54, 1.807) is 11.3 Å². The molecule has 0 aliphatic heterocycles. The van der Waals surface area contributed by atoms with Crippen LogP contribution in [0.1, 0.15) is 5.89 Å². The molecule has 0 radical (unpaired) electrons. The Labute approximate surface area is 104 Å². The third-order valence-electron chi connectivity index (χ3n) is 2.27. The topological polar surface area (TPSA) is 38.9 Å². The van der Waals surface area contributed by atoms with Crippen LogP contribution in [-0.2, 0) is 0 Å². The van der Waals surface area contributed by atoms with Crippen molar-refractivity contribution in [3.8, 4) is 11.3 Å². The molecule has 1 aromatic carbocycles. The van der Waals surface area contributed by atoms with Crippen molar-refractivity contribution < 1.29 is 4.42 Å². The smallest absolute Gasteiger partial charge is 0.192 e. The molecular weight excluding hydrogens is 288 g/mol. The number of aromatic nitrogens is 2. The zero-order chi connectivity index (χ0) is 11.1. The summed E-state index contributed by atoms with van der Waals surface area (Å²) in [6, 6.07) is 5.93. The summed E-state index contributed by atoms with van der Waals surface area (Å²) in [5.41, 5.74) is 3.69. The first-order valence-corrected chi connectivity index (χ1v) is 6.38. The molecule has 3 nitrogen and oxygen atoms in total. The predicted octanol–water partition coefficient (Wildman–Crippen LogP) is 4.02. The number of halogens is 1. The summed E-state index contributed by atoms with van der Waals surface area (Å²) in [6.45, 7) is 1.85. The highest BCUT2D eigenvalue weighted by Crippen LogP contribution is 2.27. The Kier molecular flexibility index (Phi) is 2.29. The van der Waals surface area contributed by atoms with Gasteiger partial charge < -0.3 is 4.42 Å². The van der Waals surface area contributed by atoms with Gasteiger partial charge in [-0.3, -0.25) is 0 Å². The molecule has 2 aromatic heterocycles. The fraction of sp³-hybridized carbons (Fsp3) is 0.0909. The standard InChI is InChI=1S/C11H7BrN2OS/c1-6-13-8-3-2-7(4-10(8)15-6)9-5-16-11(12)14-9/h2-5H,1H3. The van der Waals surface area contributed by atoms with Crippen LogP contribution in [-0.4, -0.2) is 9.97 Å². The summed E-state index contributed by atoms with van der Waals surface area (Å²) in [7, 11) is 0. The van der Waals surface area contributed by atoms with Crippen LogP contribution in [0.5, 0.6) is 0 Å². The Morgan fingerprint density at radius 3 is 2.94 bits per heavy atom. The van der Waals surface area contributed by atoms with E-state index in [2.05, 4.69) is 25.9 Å². The van der Waals surface area contributed by atoms with Crippen LogP contribution < -0.4 is 0 Å². The molecule has 0 unspecified atom stereocenters. The molecule has 0 amide bonds. The van der Waals surface area contributed by atoms with E-state index in [0.717, 1.165) is 26.3 Å². The lowest BCUT2D eigenvalue weighted by molar-refractivity contribution is 0.561. The number of hydrogen-bond acceptors (Lipinski definition) is 4. The number of fused-ring (bicyclic) bond motifs is 1. The minimum absolute atomic E-state index is 0.687. The lowest BCUT2D eigenvalue weighted by Gasteiger charge is -1.94. The van der Waals surface area contributed by atoms with Crippen molar-refractivity contribution in [3.63, 3.8) is 0 Å². The van der Waals surface area contributed by atoms with Gasteiger partial charge in [-0.25, -0.2) is 9.97 Å². The fourth-order valence-corrected chi connectivity index (χ4v) is 2.60. The van der Waals surface area contributed by atoms with Gasteiger partial charge in [0.1, 0.15) is 5.52 Å². The van der Waals surface area contributed by atoms with Gasteiger partial charge in [0.05, 0.1) is 5.69 Å². The average Bonchev–Trinajstić information content (AvgIpc) is 2.81. The molecule has 0 saturated carbocycles. The van der Waals surface area contributed by atoms with E-state index >= 15 is 0 Å². The molecular formula is C11H7BrN2OS. The zero-order valence-corrected chi connectivity index (χ0v) is 10.8. The third-order valence-corrected chi connectivity index (χ3v) is 3.63. The highest BCUT2D eigenvalue weighted by molar-refractivity contribution is 9.11. The lowest BCUT2D eigenvalue weighted by Crippen LogP contribution is -1.77. The molecule has 2 heterocycles. The van der Waals surface area contributed by atoms with Gasteiger partial charge >= 0.3 is 0 Å². The number of hydrogen-bond donors (Lipinski definition) is 0. The van der Waals surface area contributed by atoms with Gasteiger partial charge in [0.15, 0.2) is 15.4 Å². The van der Waals surface area contributed by atoms with Crippen molar-refractivity contribution >= 4 is 38.4 Å². The molecule has 0 bridgehead atoms. The van der Waals surface area contributed by atoms with Gasteiger partial charge in [-0.1, -0.05) is 6.07 Å². The number of thiazole rings is 1. The molecule has 3 aromatic rings. The van der Waals surface area contributed by atoms with Crippen molar-refractivity contribution in [2.75, 3.05) is 0 Å². The molecule has 16 heavy (non-hydrogen) atoms. The normalized spacial score (nSPS) is 11.1. The molecule has 0 fully saturated rings. The number of rotatable bonds is 1. The SMILES string of the molecule is Cc1nc2ccc(-c3csc(Br)n3)cc2o1. The van der Waals surface area contributed by atoms with Gasteiger partial charge in [-0.15, -0.1) is 11.3 Å². The van der Waals surface area contributed by atoms with Gasteiger partial charge in [0.25, 0.3) is 0 Å². The van der Waals surface area contributed by atoms with Crippen LogP contribution in [0.4, 0.5) is 0 Å². The van der Waals surface area contributed by atoms with Crippen LogP contribution >= 0.6 is 27.3 Å². The Hall–Kier alpha value is -1.20. The Morgan fingerprint density at radius 1 is 1.31 bits per heavy atom. The van der Waals surface area contributed by atoms with Crippen molar-refractivity contribution in [2.45, 2.75) is 6.92 Å². The second kappa shape index (κ2) is 3.68. The maximum absolute atomic E-state index is 5.49. The summed E-state index contributed by atoms with van der Waals surface area (Å²) in [4.78, 5) is 8.63. The summed E-state index contributed by atoms with van der Waals surface area (Å²) in [5, 5.41) is 2.01. The largest absolute Gasteiger partial charge is 0.441 e. The van der Waals surface area contributed by atoms with E-state index in [9.17, 15) is 0 Å². The molecule has 3 rings (SSSR count). The second-order valence-corrected chi connectivity index (χ2v) is 5.54. The van der Waals surface area contributed by atoms with Crippen LogP contribution in [0.2, 0.25) is 0 Å². The second-order valence-electron chi connectivity index (χ2n) is 3.40. The zero-order valence-electron chi connectivity index (χ0n) is 8.40. The van der Waals surface area contributed by atoms with Crippen molar-refractivity contribution in [1.82, 2.24) is 9.97 Å². The van der Waals surface area contributed by atoms with Crippen LogP contribution in [0, 0.1) is 6.92 Å². The van der Waals surface area contributed by atoms with Crippen molar-refractivity contribution in [1.29, 1.82) is 0 Å².